The second kappa shape index (κ2) is 16.8. The molecule has 0 spiro atoms. The Balaban J connectivity index is 1.07. The molecule has 3 aliphatic heterocycles. The van der Waals surface area contributed by atoms with Gasteiger partial charge in [-0.15, -0.1) is 0 Å². The van der Waals surface area contributed by atoms with E-state index in [1.807, 2.05) is 36.5 Å². The molecular weight excluding hydrogens is 659 g/mol. The number of carbonyl (C=O) groups excluding carboxylic acids is 1. The smallest absolute Gasteiger partial charge is 0.236 e. The number of phenols is 1. The predicted octanol–water partition coefficient (Wildman–Crippen LogP) is 5.05. The van der Waals surface area contributed by atoms with Crippen LogP contribution in [0.25, 0.3) is 28.2 Å². The fourth-order valence-corrected chi connectivity index (χ4v) is 7.89. The van der Waals surface area contributed by atoms with Crippen molar-refractivity contribution in [3.05, 3.63) is 60.2 Å². The maximum absolute atomic E-state index is 16.6. The van der Waals surface area contributed by atoms with Crippen molar-refractivity contribution in [2.45, 2.75) is 76.4 Å². The van der Waals surface area contributed by atoms with Crippen molar-refractivity contribution in [1.82, 2.24) is 39.6 Å². The van der Waals surface area contributed by atoms with Gasteiger partial charge >= 0.3 is 0 Å². The lowest BCUT2D eigenvalue weighted by Crippen LogP contribution is -2.45. The first-order valence-corrected chi connectivity index (χ1v) is 18.9. The number of halogens is 1. The Morgan fingerprint density at radius 2 is 1.77 bits per heavy atom. The number of anilines is 1. The predicted molar refractivity (Wildman–Crippen MR) is 198 cm³/mol. The number of hydrogen-bond acceptors (Lipinski definition) is 10. The Morgan fingerprint density at radius 1 is 0.962 bits per heavy atom. The summed E-state index contributed by atoms with van der Waals surface area (Å²) < 4.78 is 18.3. The van der Waals surface area contributed by atoms with E-state index < -0.39 is 5.82 Å². The molecule has 12 nitrogen and oxygen atoms in total. The van der Waals surface area contributed by atoms with Crippen molar-refractivity contribution >= 4 is 17.2 Å². The third kappa shape index (κ3) is 8.69. The number of nitrogens with one attached hydrogen (secondary N) is 2. The maximum atomic E-state index is 16.6. The van der Waals surface area contributed by atoms with Crippen LogP contribution in [-0.2, 0) is 11.3 Å². The zero-order chi connectivity index (χ0) is 35.9. The molecule has 3 aromatic heterocycles. The van der Waals surface area contributed by atoms with Gasteiger partial charge in [-0.2, -0.15) is 10.4 Å². The highest BCUT2D eigenvalue weighted by atomic mass is 19.1. The van der Waals surface area contributed by atoms with Crippen LogP contribution < -0.4 is 10.6 Å². The van der Waals surface area contributed by atoms with Gasteiger partial charge in [0.05, 0.1) is 23.3 Å². The van der Waals surface area contributed by atoms with E-state index in [-0.39, 0.29) is 35.6 Å². The molecule has 3 N–H and O–H groups in total. The number of amides is 1. The molecule has 3 aliphatic rings. The van der Waals surface area contributed by atoms with Gasteiger partial charge in [-0.25, -0.2) is 18.9 Å². The van der Waals surface area contributed by atoms with Crippen molar-refractivity contribution < 1.29 is 14.3 Å². The third-order valence-corrected chi connectivity index (χ3v) is 10.7. The average Bonchev–Trinajstić information content (AvgIpc) is 3.60. The summed E-state index contributed by atoms with van der Waals surface area (Å²) in [5.41, 5.74) is 2.74. The Bertz CT molecular complexity index is 1880. The van der Waals surface area contributed by atoms with Crippen LogP contribution in [0, 0.1) is 17.1 Å². The first-order valence-electron chi connectivity index (χ1n) is 18.9. The van der Waals surface area contributed by atoms with E-state index in [4.69, 9.17) is 10.2 Å². The van der Waals surface area contributed by atoms with Gasteiger partial charge in [-0.3, -0.25) is 4.79 Å². The number of phenolic OH excluding ortho intramolecular Hbond substituents is 1. The molecular formula is C39H49FN10O2. The molecule has 0 radical (unpaired) electrons. The van der Waals surface area contributed by atoms with Crippen LogP contribution in [0.4, 0.5) is 10.2 Å². The van der Waals surface area contributed by atoms with E-state index in [9.17, 15) is 9.90 Å². The highest BCUT2D eigenvalue weighted by molar-refractivity contribution is 5.79. The zero-order valence-corrected chi connectivity index (χ0v) is 29.8. The number of fused-ring (bicyclic) bond motifs is 1. The van der Waals surface area contributed by atoms with E-state index in [0.717, 1.165) is 50.0 Å². The van der Waals surface area contributed by atoms with Crippen LogP contribution in [0.5, 0.6) is 5.75 Å². The van der Waals surface area contributed by atoms with Gasteiger partial charge in [0, 0.05) is 43.5 Å². The van der Waals surface area contributed by atoms with E-state index in [2.05, 4.69) is 30.5 Å². The minimum atomic E-state index is -0.641. The highest BCUT2D eigenvalue weighted by Crippen LogP contribution is 2.33. The largest absolute Gasteiger partial charge is 0.508 e. The number of piperidine rings is 3. The lowest BCUT2D eigenvalue weighted by molar-refractivity contribution is -0.131. The molecule has 274 valence electrons. The number of nitriles is 1. The van der Waals surface area contributed by atoms with E-state index in [1.54, 1.807) is 21.7 Å². The number of hydrogen-bond donors (Lipinski definition) is 3. The standard InChI is InChI=1S/C39H49FN10O2/c40-36-37(29-22-28(23-32(51)24-29)25-42-30-11-20-48(21-12-30)17-7-16-47-14-3-1-4-15-47)45-38(33-26-43-50-19-5-2-9-34(33)50)46-39(36)44-31-8-6-18-49(27-31)35(52)10-13-41/h2,5,9,19,22-24,26,30-31,42,51H,1,3-4,6-8,10-12,14-18,20-21,25,27H2,(H,44,45,46)/t31-/m1/s1. The Labute approximate surface area is 304 Å². The molecule has 3 fully saturated rings. The third-order valence-electron chi connectivity index (χ3n) is 10.7. The van der Waals surface area contributed by atoms with Gasteiger partial charge < -0.3 is 30.4 Å². The second-order valence-corrected chi connectivity index (χ2v) is 14.4. The number of pyridine rings is 1. The number of aromatic hydroxyl groups is 1. The normalized spacial score (nSPS) is 19.2. The Morgan fingerprint density at radius 3 is 2.58 bits per heavy atom. The molecule has 0 bridgehead atoms. The van der Waals surface area contributed by atoms with Crippen LogP contribution in [0.15, 0.2) is 48.8 Å². The number of rotatable bonds is 12. The average molecular weight is 709 g/mol. The Hall–Kier alpha value is -4.64. The lowest BCUT2D eigenvalue weighted by atomic mass is 10.0. The maximum Gasteiger partial charge on any atom is 0.236 e. The van der Waals surface area contributed by atoms with E-state index >= 15 is 4.39 Å². The van der Waals surface area contributed by atoms with Gasteiger partial charge in [-0.1, -0.05) is 12.5 Å². The summed E-state index contributed by atoms with van der Waals surface area (Å²) in [6.07, 6.45) is 12.1. The summed E-state index contributed by atoms with van der Waals surface area (Å²) in [4.78, 5) is 28.7. The highest BCUT2D eigenvalue weighted by Gasteiger charge is 2.27. The molecule has 52 heavy (non-hydrogen) atoms. The van der Waals surface area contributed by atoms with Crippen molar-refractivity contribution in [3.63, 3.8) is 0 Å². The monoisotopic (exact) mass is 708 g/mol. The molecule has 6 heterocycles. The summed E-state index contributed by atoms with van der Waals surface area (Å²) in [5, 5.41) is 31.3. The summed E-state index contributed by atoms with van der Waals surface area (Å²) in [5.74, 6) is -0.543. The van der Waals surface area contributed by atoms with Crippen LogP contribution in [-0.4, -0.2) is 110 Å². The fourth-order valence-electron chi connectivity index (χ4n) is 7.89. The number of benzene rings is 1. The Kier molecular flexibility index (Phi) is 11.5. The van der Waals surface area contributed by atoms with Crippen LogP contribution in [0.3, 0.4) is 0 Å². The molecule has 13 heteroatoms. The minimum Gasteiger partial charge on any atom is -0.508 e. The summed E-state index contributed by atoms with van der Waals surface area (Å²) in [6.45, 7) is 8.43. The molecule has 0 unspecified atom stereocenters. The zero-order valence-electron chi connectivity index (χ0n) is 29.8. The van der Waals surface area contributed by atoms with Crippen molar-refractivity contribution in [3.8, 4) is 34.5 Å². The molecule has 0 saturated carbocycles. The quantitative estimate of drug-likeness (QED) is 0.183. The first-order chi connectivity index (χ1) is 25.4. The van der Waals surface area contributed by atoms with Crippen molar-refractivity contribution in [2.24, 2.45) is 0 Å². The molecule has 1 atom stereocenters. The summed E-state index contributed by atoms with van der Waals surface area (Å²) >= 11 is 0. The minimum absolute atomic E-state index is 0.0144. The topological polar surface area (TPSA) is 138 Å². The van der Waals surface area contributed by atoms with Gasteiger partial charge in [0.2, 0.25) is 5.91 Å². The van der Waals surface area contributed by atoms with E-state index in [1.165, 1.54) is 51.4 Å². The van der Waals surface area contributed by atoms with Crippen LogP contribution in [0.1, 0.15) is 63.4 Å². The molecule has 1 amide bonds. The lowest BCUT2D eigenvalue weighted by Gasteiger charge is -2.33. The summed E-state index contributed by atoms with van der Waals surface area (Å²) in [6, 6.07) is 12.8. The van der Waals surface area contributed by atoms with Gasteiger partial charge in [0.15, 0.2) is 17.5 Å². The number of carbonyl (C=O) groups is 1. The number of likely N-dealkylation sites (tertiary alicyclic amines) is 3. The molecule has 1 aromatic carbocycles. The summed E-state index contributed by atoms with van der Waals surface area (Å²) in [7, 11) is 0. The number of nitrogens with zero attached hydrogens (tertiary/aromatic N) is 8. The van der Waals surface area contributed by atoms with Gasteiger partial charge in [0.1, 0.15) is 17.9 Å². The molecule has 4 aromatic rings. The van der Waals surface area contributed by atoms with Crippen molar-refractivity contribution in [2.75, 3.05) is 57.7 Å². The van der Waals surface area contributed by atoms with E-state index in [0.29, 0.717) is 49.0 Å². The van der Waals surface area contributed by atoms with Crippen LogP contribution in [0.2, 0.25) is 0 Å². The fraction of sp³-hybridized carbons (Fsp3) is 0.513. The van der Waals surface area contributed by atoms with Crippen molar-refractivity contribution in [1.29, 1.82) is 5.26 Å². The SMILES string of the molecule is N#CCC(=O)N1CCC[C@@H](Nc2nc(-c3cnn4ccccc34)nc(-c3cc(O)cc(CNC4CCN(CCCN5CCCCC5)CC4)c3)c2F)C1. The molecule has 3 saturated heterocycles. The molecule has 7 rings (SSSR count). The second-order valence-electron chi connectivity index (χ2n) is 14.4. The van der Waals surface area contributed by atoms with Gasteiger partial charge in [0.25, 0.3) is 0 Å². The van der Waals surface area contributed by atoms with Crippen LogP contribution >= 0.6 is 0 Å². The molecule has 0 aliphatic carbocycles. The number of aromatic nitrogens is 4. The first kappa shape index (κ1) is 35.7. The van der Waals surface area contributed by atoms with Gasteiger partial charge in [-0.05, 0) is 120 Å².